The van der Waals surface area contributed by atoms with Crippen LogP contribution in [-0.2, 0) is 4.79 Å². The molecule has 9 heteroatoms. The zero-order chi connectivity index (χ0) is 17.8. The molecule has 3 rings (SSSR count). The van der Waals surface area contributed by atoms with Crippen molar-refractivity contribution in [3.05, 3.63) is 27.8 Å². The second-order valence-corrected chi connectivity index (χ2v) is 7.03. The summed E-state index contributed by atoms with van der Waals surface area (Å²) < 4.78 is 4.98. The Hall–Kier alpha value is -2.26. The third-order valence-corrected chi connectivity index (χ3v) is 5.06. The molecule has 0 atom stereocenters. The number of amides is 2. The topological polar surface area (TPSA) is 100 Å². The molecule has 0 aromatic carbocycles. The molecule has 0 unspecified atom stereocenters. The van der Waals surface area contributed by atoms with E-state index in [0.29, 0.717) is 17.3 Å². The van der Waals surface area contributed by atoms with Crippen molar-refractivity contribution in [3.8, 4) is 0 Å². The van der Waals surface area contributed by atoms with Gasteiger partial charge in [-0.05, 0) is 26.7 Å². The number of rotatable bonds is 5. The Balaban J connectivity index is 1.42. The van der Waals surface area contributed by atoms with Crippen molar-refractivity contribution in [2.45, 2.75) is 32.7 Å². The number of aromatic nitrogens is 2. The van der Waals surface area contributed by atoms with E-state index >= 15 is 0 Å². The van der Waals surface area contributed by atoms with E-state index in [9.17, 15) is 9.59 Å². The van der Waals surface area contributed by atoms with Crippen LogP contribution in [0.25, 0.3) is 0 Å². The minimum Gasteiger partial charge on any atom is -0.348 e. The molecule has 1 saturated heterocycles. The highest BCUT2D eigenvalue weighted by atomic mass is 32.1. The molecule has 1 aliphatic heterocycles. The van der Waals surface area contributed by atoms with Crippen LogP contribution in [0.2, 0.25) is 0 Å². The molecule has 0 saturated carbocycles. The minimum absolute atomic E-state index is 0.0584. The van der Waals surface area contributed by atoms with Gasteiger partial charge in [0, 0.05) is 25.2 Å². The number of hydrogen-bond acceptors (Lipinski definition) is 7. The predicted molar refractivity (Wildman–Crippen MR) is 93.6 cm³/mol. The number of likely N-dealkylation sites (tertiary alicyclic amines) is 1. The van der Waals surface area contributed by atoms with E-state index in [1.54, 1.807) is 18.5 Å². The van der Waals surface area contributed by atoms with E-state index in [1.165, 1.54) is 11.3 Å². The van der Waals surface area contributed by atoms with Crippen LogP contribution in [0.4, 0.5) is 5.88 Å². The maximum absolute atomic E-state index is 12.2. The predicted octanol–water partition coefficient (Wildman–Crippen LogP) is 1.58. The minimum atomic E-state index is -0.126. The molecule has 1 aliphatic rings. The molecule has 0 bridgehead atoms. The van der Waals surface area contributed by atoms with Gasteiger partial charge in [0.1, 0.15) is 4.88 Å². The van der Waals surface area contributed by atoms with Crippen LogP contribution < -0.4 is 10.6 Å². The summed E-state index contributed by atoms with van der Waals surface area (Å²) in [5, 5.41) is 9.49. The van der Waals surface area contributed by atoms with Gasteiger partial charge in [-0.1, -0.05) is 5.16 Å². The number of hydrogen-bond donors (Lipinski definition) is 2. The van der Waals surface area contributed by atoms with Crippen LogP contribution in [0.1, 0.15) is 33.9 Å². The normalized spacial score (nSPS) is 15.9. The second-order valence-electron chi connectivity index (χ2n) is 6.17. The molecular weight excluding hydrogens is 342 g/mol. The second kappa shape index (κ2) is 7.75. The first-order chi connectivity index (χ1) is 12.0. The zero-order valence-corrected chi connectivity index (χ0v) is 15.1. The number of anilines is 1. The van der Waals surface area contributed by atoms with E-state index in [2.05, 4.69) is 25.7 Å². The van der Waals surface area contributed by atoms with Crippen LogP contribution in [0.5, 0.6) is 0 Å². The highest BCUT2D eigenvalue weighted by Gasteiger charge is 2.23. The number of aryl methyl sites for hydroxylation is 2. The van der Waals surface area contributed by atoms with Crippen molar-refractivity contribution in [1.82, 2.24) is 20.4 Å². The van der Waals surface area contributed by atoms with E-state index in [4.69, 9.17) is 4.52 Å². The molecule has 0 spiro atoms. The van der Waals surface area contributed by atoms with Gasteiger partial charge in [0.15, 0.2) is 0 Å². The van der Waals surface area contributed by atoms with Crippen molar-refractivity contribution in [2.24, 2.45) is 0 Å². The monoisotopic (exact) mass is 363 g/mol. The summed E-state index contributed by atoms with van der Waals surface area (Å²) in [4.78, 5) is 31.1. The summed E-state index contributed by atoms with van der Waals surface area (Å²) in [6, 6.07) is 1.81. The summed E-state index contributed by atoms with van der Waals surface area (Å²) in [7, 11) is 0. The van der Waals surface area contributed by atoms with Gasteiger partial charge in [-0.3, -0.25) is 19.8 Å². The van der Waals surface area contributed by atoms with Gasteiger partial charge in [0.2, 0.25) is 11.8 Å². The van der Waals surface area contributed by atoms with Crippen LogP contribution in [-0.4, -0.2) is 52.5 Å². The molecule has 2 amide bonds. The Labute approximate surface area is 149 Å². The Morgan fingerprint density at radius 1 is 1.36 bits per heavy atom. The Morgan fingerprint density at radius 3 is 2.72 bits per heavy atom. The highest BCUT2D eigenvalue weighted by molar-refractivity contribution is 7.11. The summed E-state index contributed by atoms with van der Waals surface area (Å²) in [5.41, 5.74) is 3.17. The average Bonchev–Trinajstić information content (AvgIpc) is 3.17. The fraction of sp³-hybridized carbons (Fsp3) is 0.500. The van der Waals surface area contributed by atoms with Gasteiger partial charge in [-0.15, -0.1) is 11.3 Å². The lowest BCUT2D eigenvalue weighted by Crippen LogP contribution is -2.46. The molecule has 2 aromatic heterocycles. The lowest BCUT2D eigenvalue weighted by Gasteiger charge is -2.31. The zero-order valence-electron chi connectivity index (χ0n) is 14.2. The summed E-state index contributed by atoms with van der Waals surface area (Å²) in [6.45, 7) is 5.45. The molecule has 8 nitrogen and oxygen atoms in total. The van der Waals surface area contributed by atoms with E-state index in [1.807, 2.05) is 6.92 Å². The van der Waals surface area contributed by atoms with E-state index < -0.39 is 0 Å². The summed E-state index contributed by atoms with van der Waals surface area (Å²) >= 11 is 1.36. The van der Waals surface area contributed by atoms with Gasteiger partial charge in [-0.25, -0.2) is 4.98 Å². The van der Waals surface area contributed by atoms with Crippen molar-refractivity contribution in [3.63, 3.8) is 0 Å². The molecule has 2 N–H and O–H groups in total. The number of thiazole rings is 1. The quantitative estimate of drug-likeness (QED) is 0.837. The van der Waals surface area contributed by atoms with Crippen molar-refractivity contribution in [1.29, 1.82) is 0 Å². The Kier molecular flexibility index (Phi) is 5.44. The molecule has 1 fully saturated rings. The smallest absolute Gasteiger partial charge is 0.263 e. The largest absolute Gasteiger partial charge is 0.348 e. The maximum atomic E-state index is 12.2. The van der Waals surface area contributed by atoms with Crippen LogP contribution in [0.3, 0.4) is 0 Å². The van der Waals surface area contributed by atoms with Crippen LogP contribution in [0, 0.1) is 13.8 Å². The van der Waals surface area contributed by atoms with Crippen LogP contribution >= 0.6 is 11.3 Å². The maximum Gasteiger partial charge on any atom is 0.263 e. The third-order valence-electron chi connectivity index (χ3n) is 4.13. The molecule has 25 heavy (non-hydrogen) atoms. The lowest BCUT2D eigenvalue weighted by atomic mass is 10.0. The third kappa shape index (κ3) is 4.64. The van der Waals surface area contributed by atoms with Gasteiger partial charge in [0.25, 0.3) is 5.91 Å². The number of nitrogens with zero attached hydrogens (tertiary/aromatic N) is 3. The van der Waals surface area contributed by atoms with Crippen molar-refractivity contribution < 1.29 is 14.1 Å². The first-order valence-corrected chi connectivity index (χ1v) is 9.05. The van der Waals surface area contributed by atoms with Crippen molar-refractivity contribution >= 4 is 29.0 Å². The number of piperidine rings is 1. The van der Waals surface area contributed by atoms with E-state index in [0.717, 1.165) is 37.3 Å². The van der Waals surface area contributed by atoms with Gasteiger partial charge < -0.3 is 9.84 Å². The highest BCUT2D eigenvalue weighted by Crippen LogP contribution is 2.15. The van der Waals surface area contributed by atoms with Gasteiger partial charge in [-0.2, -0.15) is 0 Å². The fourth-order valence-corrected chi connectivity index (χ4v) is 3.51. The summed E-state index contributed by atoms with van der Waals surface area (Å²) in [6.07, 6.45) is 1.64. The Bertz CT molecular complexity index is 749. The first kappa shape index (κ1) is 17.6. The van der Waals surface area contributed by atoms with Crippen molar-refractivity contribution in [2.75, 3.05) is 25.0 Å². The SMILES string of the molecule is Cc1cc(NC(=O)CN2CCC(NC(=O)c3scnc3C)CC2)on1. The first-order valence-electron chi connectivity index (χ1n) is 8.17. The molecular formula is C16H21N5O3S. The van der Waals surface area contributed by atoms with Gasteiger partial charge >= 0.3 is 0 Å². The van der Waals surface area contributed by atoms with Crippen LogP contribution in [0.15, 0.2) is 16.1 Å². The molecule has 134 valence electrons. The Morgan fingerprint density at radius 2 is 2.12 bits per heavy atom. The standard InChI is InChI=1S/C16H21N5O3S/c1-10-7-14(24-20-10)19-13(22)8-21-5-3-12(4-6-21)18-16(23)15-11(2)17-9-25-15/h7,9,12H,3-6,8H2,1-2H3,(H,18,23)(H,19,22). The fourth-order valence-electron chi connectivity index (χ4n) is 2.81. The molecule has 3 heterocycles. The molecule has 2 aromatic rings. The van der Waals surface area contributed by atoms with E-state index in [-0.39, 0.29) is 17.9 Å². The number of nitrogens with one attached hydrogen (secondary N) is 2. The molecule has 0 radical (unpaired) electrons. The molecule has 0 aliphatic carbocycles. The van der Waals surface area contributed by atoms with Gasteiger partial charge in [0.05, 0.1) is 23.4 Å². The number of carbonyl (C=O) groups is 2. The lowest BCUT2D eigenvalue weighted by molar-refractivity contribution is -0.117. The summed E-state index contributed by atoms with van der Waals surface area (Å²) in [5.74, 6) is 0.181. The average molecular weight is 363 g/mol. The number of carbonyl (C=O) groups excluding carboxylic acids is 2.